The lowest BCUT2D eigenvalue weighted by atomic mass is 9.76. The molecule has 1 aliphatic carbocycles. The first-order valence-corrected chi connectivity index (χ1v) is 14.5. The summed E-state index contributed by atoms with van der Waals surface area (Å²) in [5.74, 6) is -1.05. The smallest absolute Gasteiger partial charge is 0.0849 e. The van der Waals surface area contributed by atoms with Crippen LogP contribution in [0, 0.1) is 0 Å². The number of halogens is 10. The van der Waals surface area contributed by atoms with Crippen LogP contribution in [0.15, 0.2) is 30.3 Å². The highest BCUT2D eigenvalue weighted by atomic mass is 79.9. The predicted octanol–water partition coefficient (Wildman–Crippen LogP) is 9.65. The summed E-state index contributed by atoms with van der Waals surface area (Å²) in [7, 11) is 0. The van der Waals surface area contributed by atoms with Crippen molar-refractivity contribution in [2.45, 2.75) is 34.9 Å². The SMILES string of the molecule is [2H]C(C)(c1ccccc1)C1(Br)C(Br)C(Br)(Br)C(Br)(Br)C(Br)(Br)C1(Br)Br. The summed E-state index contributed by atoms with van der Waals surface area (Å²) in [5.41, 5.74) is 0.878. The third kappa shape index (κ3) is 3.32. The molecule has 0 amide bonds. The van der Waals surface area contributed by atoms with Crippen molar-refractivity contribution in [1.82, 2.24) is 0 Å². The summed E-state index contributed by atoms with van der Waals surface area (Å²) < 4.78 is 5.47. The maximum atomic E-state index is 9.38. The Hall–Kier alpha value is 4.02. The summed E-state index contributed by atoms with van der Waals surface area (Å²) in [6, 6.07) is 9.76. The number of rotatable bonds is 2. The first-order chi connectivity index (χ1) is 11.0. The van der Waals surface area contributed by atoms with Gasteiger partial charge in [0.05, 0.1) is 9.15 Å². The van der Waals surface area contributed by atoms with E-state index in [-0.39, 0.29) is 4.83 Å². The molecule has 10 heteroatoms. The molecule has 0 heterocycles. The first-order valence-electron chi connectivity index (χ1n) is 6.91. The second-order valence-electron chi connectivity index (χ2n) is 5.41. The highest BCUT2D eigenvalue weighted by molar-refractivity contribution is 9.35. The van der Waals surface area contributed by atoms with E-state index in [1.807, 2.05) is 37.3 Å². The highest BCUT2D eigenvalue weighted by Crippen LogP contribution is 2.79. The van der Waals surface area contributed by atoms with Crippen LogP contribution in [-0.2, 0) is 0 Å². The topological polar surface area (TPSA) is 0 Å². The number of hydrogen-bond acceptors (Lipinski definition) is 0. The quantitative estimate of drug-likeness (QED) is 0.259. The molecule has 0 spiro atoms. The van der Waals surface area contributed by atoms with E-state index in [2.05, 4.69) is 159 Å². The Morgan fingerprint density at radius 1 is 0.833 bits per heavy atom. The van der Waals surface area contributed by atoms with Crippen molar-refractivity contribution < 1.29 is 1.37 Å². The Kier molecular flexibility index (Phi) is 7.50. The van der Waals surface area contributed by atoms with Crippen LogP contribution in [0.2, 0.25) is 0 Å². The van der Waals surface area contributed by atoms with Crippen molar-refractivity contribution in [3.8, 4) is 0 Å². The van der Waals surface area contributed by atoms with E-state index >= 15 is 0 Å². The second kappa shape index (κ2) is 7.93. The minimum absolute atomic E-state index is 0.282. The van der Waals surface area contributed by atoms with Crippen LogP contribution in [0.4, 0.5) is 0 Å². The summed E-state index contributed by atoms with van der Waals surface area (Å²) >= 11 is 38.3. The standard InChI is InChI=1S/C14H10Br10/c1-7(8-5-3-2-4-6-8)10(16)9(15)11(17,18)13(21,22)14(23,24)12(10,19)20/h2-7,9H,1H3/i7D. The van der Waals surface area contributed by atoms with E-state index in [0.717, 1.165) is 5.56 Å². The molecule has 0 radical (unpaired) electrons. The third-order valence-corrected chi connectivity index (χ3v) is 25.8. The molecule has 3 unspecified atom stereocenters. The highest BCUT2D eigenvalue weighted by Gasteiger charge is 2.80. The van der Waals surface area contributed by atoms with Gasteiger partial charge in [-0.1, -0.05) is 197 Å². The van der Waals surface area contributed by atoms with Crippen LogP contribution in [0.5, 0.6) is 0 Å². The lowest BCUT2D eigenvalue weighted by Crippen LogP contribution is -2.75. The van der Waals surface area contributed by atoms with Crippen LogP contribution in [0.25, 0.3) is 0 Å². The Morgan fingerprint density at radius 3 is 1.75 bits per heavy atom. The fourth-order valence-corrected chi connectivity index (χ4v) is 14.2. The van der Waals surface area contributed by atoms with Crippen molar-refractivity contribution >= 4 is 159 Å². The van der Waals surface area contributed by atoms with Gasteiger partial charge >= 0.3 is 0 Å². The molecule has 0 aromatic heterocycles. The molecule has 2 rings (SSSR count). The zero-order valence-corrected chi connectivity index (χ0v) is 27.6. The van der Waals surface area contributed by atoms with Gasteiger partial charge in [0.15, 0.2) is 0 Å². The Bertz CT molecular complexity index is 657. The number of alkyl halides is 10. The molecule has 1 saturated carbocycles. The molecule has 1 aromatic carbocycles. The van der Waals surface area contributed by atoms with Crippen LogP contribution < -0.4 is 0 Å². The molecule has 0 saturated heterocycles. The van der Waals surface area contributed by atoms with Gasteiger partial charge in [0.1, 0.15) is 12.9 Å². The molecule has 24 heavy (non-hydrogen) atoms. The van der Waals surface area contributed by atoms with Gasteiger partial charge in [0.2, 0.25) is 0 Å². The average molecular weight is 978 g/mol. The molecule has 1 aromatic rings. The van der Waals surface area contributed by atoms with Gasteiger partial charge in [0, 0.05) is 1.37 Å². The molecule has 0 N–H and O–H groups in total. The van der Waals surface area contributed by atoms with Gasteiger partial charge in [-0.15, -0.1) is 0 Å². The van der Waals surface area contributed by atoms with Crippen LogP contribution in [-0.4, -0.2) is 22.1 Å². The van der Waals surface area contributed by atoms with Gasteiger partial charge in [-0.3, -0.25) is 0 Å². The van der Waals surface area contributed by atoms with E-state index in [1.54, 1.807) is 0 Å². The maximum absolute atomic E-state index is 9.38. The van der Waals surface area contributed by atoms with Gasteiger partial charge < -0.3 is 0 Å². The molecule has 0 bridgehead atoms. The van der Waals surface area contributed by atoms with E-state index < -0.39 is 23.2 Å². The summed E-state index contributed by atoms with van der Waals surface area (Å²) in [6.45, 7) is 1.89. The molecular formula is C14H10Br10. The largest absolute Gasteiger partial charge is 0.134 e. The molecule has 1 fully saturated rings. The van der Waals surface area contributed by atoms with Crippen molar-refractivity contribution in [3.63, 3.8) is 0 Å². The average Bonchev–Trinajstić information content (AvgIpc) is 2.52. The summed E-state index contributed by atoms with van der Waals surface area (Å²) in [5, 5.41) is 0. The van der Waals surface area contributed by atoms with Crippen LogP contribution in [0.3, 0.4) is 0 Å². The van der Waals surface area contributed by atoms with Crippen LogP contribution in [0.1, 0.15) is 19.8 Å². The lowest BCUT2D eigenvalue weighted by Gasteiger charge is -2.64. The van der Waals surface area contributed by atoms with Crippen molar-refractivity contribution in [2.24, 2.45) is 0 Å². The van der Waals surface area contributed by atoms with E-state index in [9.17, 15) is 1.37 Å². The Morgan fingerprint density at radius 2 is 1.29 bits per heavy atom. The predicted molar refractivity (Wildman–Crippen MR) is 142 cm³/mol. The zero-order chi connectivity index (χ0) is 19.7. The third-order valence-electron chi connectivity index (χ3n) is 4.08. The Labute approximate surface area is 227 Å². The van der Waals surface area contributed by atoms with E-state index in [0.29, 0.717) is 0 Å². The van der Waals surface area contributed by atoms with Gasteiger partial charge in [-0.05, 0) is 11.5 Å². The fourth-order valence-electron chi connectivity index (χ4n) is 2.53. The normalized spacial score (nSPS) is 36.5. The molecule has 0 nitrogen and oxygen atoms in total. The minimum atomic E-state index is -1.05. The Balaban J connectivity index is 2.82. The summed E-state index contributed by atoms with van der Waals surface area (Å²) in [6.07, 6.45) is 0. The second-order valence-corrected chi connectivity index (χ2v) is 21.5. The summed E-state index contributed by atoms with van der Waals surface area (Å²) in [4.78, 5) is -0.282. The van der Waals surface area contributed by atoms with E-state index in [4.69, 9.17) is 0 Å². The number of benzene rings is 1. The molecule has 0 aliphatic heterocycles. The lowest BCUT2D eigenvalue weighted by molar-refractivity contribution is 0.377. The monoisotopic (exact) mass is 968 g/mol. The van der Waals surface area contributed by atoms with Gasteiger partial charge in [-0.2, -0.15) is 0 Å². The molecular weight excluding hydrogens is 967 g/mol. The van der Waals surface area contributed by atoms with Crippen molar-refractivity contribution in [3.05, 3.63) is 35.9 Å². The van der Waals surface area contributed by atoms with Crippen molar-refractivity contribution in [2.75, 3.05) is 0 Å². The molecule has 1 aliphatic rings. The first kappa shape index (κ1) is 22.7. The minimum Gasteiger partial charge on any atom is -0.0849 e. The fraction of sp³-hybridized carbons (Fsp3) is 0.571. The van der Waals surface area contributed by atoms with Crippen molar-refractivity contribution in [1.29, 1.82) is 0 Å². The van der Waals surface area contributed by atoms with E-state index in [1.165, 1.54) is 0 Å². The van der Waals surface area contributed by atoms with Gasteiger partial charge in [0.25, 0.3) is 0 Å². The van der Waals surface area contributed by atoms with Crippen LogP contribution >= 0.6 is 159 Å². The zero-order valence-electron chi connectivity index (χ0n) is 12.7. The maximum Gasteiger partial charge on any atom is 0.134 e. The van der Waals surface area contributed by atoms with Gasteiger partial charge in [-0.25, -0.2) is 0 Å². The molecule has 3 atom stereocenters. The molecule has 136 valence electrons. The number of hydrogen-bond donors (Lipinski definition) is 0.